The maximum Gasteiger partial charge on any atom is 0.175 e. The van der Waals surface area contributed by atoms with Crippen LogP contribution in [0.25, 0.3) is 5.65 Å². The molecule has 1 saturated carbocycles. The molecule has 0 radical (unpaired) electrons. The van der Waals surface area contributed by atoms with Crippen molar-refractivity contribution in [2.45, 2.75) is 31.5 Å². The lowest BCUT2D eigenvalue weighted by Gasteiger charge is -2.17. The van der Waals surface area contributed by atoms with Gasteiger partial charge in [-0.15, -0.1) is 0 Å². The van der Waals surface area contributed by atoms with E-state index in [-0.39, 0.29) is 12.1 Å². The van der Waals surface area contributed by atoms with E-state index < -0.39 is 0 Å². The van der Waals surface area contributed by atoms with Crippen LogP contribution in [0.4, 0.5) is 5.82 Å². The lowest BCUT2D eigenvalue weighted by Crippen LogP contribution is -2.29. The molecule has 8 nitrogen and oxygen atoms in total. The predicted octanol–water partition coefficient (Wildman–Crippen LogP) is 0.572. The first kappa shape index (κ1) is 13.2. The summed E-state index contributed by atoms with van der Waals surface area (Å²) in [4.78, 5) is 8.26. The summed E-state index contributed by atoms with van der Waals surface area (Å²) < 4.78 is 3.61. The summed E-state index contributed by atoms with van der Waals surface area (Å²) >= 11 is 0. The second-order valence-electron chi connectivity index (χ2n) is 5.71. The molecule has 1 unspecified atom stereocenters. The van der Waals surface area contributed by atoms with Gasteiger partial charge in [-0.3, -0.25) is 9.67 Å². The number of fused-ring (bicyclic) bond motifs is 1. The average Bonchev–Trinajstić information content (AvgIpc) is 3.22. The minimum absolute atomic E-state index is 0.0165. The van der Waals surface area contributed by atoms with E-state index in [1.807, 2.05) is 16.9 Å². The Morgan fingerprint density at radius 2 is 2.23 bits per heavy atom. The van der Waals surface area contributed by atoms with Gasteiger partial charge in [-0.25, -0.2) is 4.98 Å². The van der Waals surface area contributed by atoms with Gasteiger partial charge in [0.15, 0.2) is 5.65 Å². The van der Waals surface area contributed by atoms with E-state index in [0.29, 0.717) is 11.6 Å². The minimum atomic E-state index is -0.390. The van der Waals surface area contributed by atoms with Crippen molar-refractivity contribution in [1.82, 2.24) is 29.4 Å². The first-order valence-electron chi connectivity index (χ1n) is 7.35. The molecule has 3 aromatic heterocycles. The third-order valence-corrected chi connectivity index (χ3v) is 4.15. The van der Waals surface area contributed by atoms with Gasteiger partial charge < -0.3 is 10.4 Å². The van der Waals surface area contributed by atoms with Crippen LogP contribution in [0, 0.1) is 5.92 Å². The van der Waals surface area contributed by atoms with E-state index in [9.17, 15) is 5.11 Å². The monoisotopic (exact) mass is 299 g/mol. The minimum Gasteiger partial charge on any atom is -0.391 e. The SMILES string of the molecule is O[C@@H]1CC(Cn2cccn2)C[C@H]1Nc1cncc2ncnn12. The molecule has 0 saturated heterocycles. The number of aliphatic hydroxyl groups is 1. The first-order chi connectivity index (χ1) is 10.8. The topological polar surface area (TPSA) is 93.2 Å². The van der Waals surface area contributed by atoms with Gasteiger partial charge in [-0.2, -0.15) is 14.7 Å². The Bertz CT molecular complexity index is 753. The molecule has 0 bridgehead atoms. The van der Waals surface area contributed by atoms with E-state index in [1.165, 1.54) is 6.33 Å². The molecule has 2 N–H and O–H groups in total. The van der Waals surface area contributed by atoms with Crippen LogP contribution in [0.3, 0.4) is 0 Å². The van der Waals surface area contributed by atoms with Crippen molar-refractivity contribution in [2.75, 3.05) is 5.32 Å². The highest BCUT2D eigenvalue weighted by Crippen LogP contribution is 2.29. The van der Waals surface area contributed by atoms with Crippen LogP contribution in [-0.4, -0.2) is 46.6 Å². The molecule has 114 valence electrons. The highest BCUT2D eigenvalue weighted by atomic mass is 16.3. The van der Waals surface area contributed by atoms with Crippen molar-refractivity contribution in [2.24, 2.45) is 5.92 Å². The van der Waals surface area contributed by atoms with Crippen molar-refractivity contribution >= 4 is 11.5 Å². The van der Waals surface area contributed by atoms with E-state index in [2.05, 4.69) is 25.5 Å². The molecule has 3 aromatic rings. The normalized spacial score (nSPS) is 24.9. The summed E-state index contributed by atoms with van der Waals surface area (Å²) in [6, 6.07) is 1.90. The average molecular weight is 299 g/mol. The van der Waals surface area contributed by atoms with Crippen LogP contribution in [-0.2, 0) is 6.54 Å². The number of hydrogen-bond acceptors (Lipinski definition) is 6. The number of hydrogen-bond donors (Lipinski definition) is 2. The summed E-state index contributed by atoms with van der Waals surface area (Å²) in [7, 11) is 0. The Morgan fingerprint density at radius 1 is 1.27 bits per heavy atom. The van der Waals surface area contributed by atoms with Crippen LogP contribution >= 0.6 is 0 Å². The lowest BCUT2D eigenvalue weighted by molar-refractivity contribution is 0.165. The molecule has 22 heavy (non-hydrogen) atoms. The standard InChI is InChI=1S/C14H17N7O/c22-12-5-10(8-20-3-1-2-17-20)4-11(12)19-14-7-15-6-13-16-9-18-21(13)14/h1-3,6-7,9-12,19,22H,4-5,8H2/t10?,11-,12-/m1/s1. The lowest BCUT2D eigenvalue weighted by atomic mass is 10.1. The summed E-state index contributed by atoms with van der Waals surface area (Å²) in [5, 5.41) is 22.1. The third kappa shape index (κ3) is 2.41. The first-order valence-corrected chi connectivity index (χ1v) is 7.35. The molecule has 0 amide bonds. The van der Waals surface area contributed by atoms with Crippen LogP contribution < -0.4 is 5.32 Å². The Morgan fingerprint density at radius 3 is 3.09 bits per heavy atom. The zero-order valence-corrected chi connectivity index (χ0v) is 11.9. The molecule has 0 aliphatic heterocycles. The number of nitrogens with one attached hydrogen (secondary N) is 1. The number of aromatic nitrogens is 6. The second kappa shape index (κ2) is 5.38. The molecule has 4 rings (SSSR count). The molecule has 1 aliphatic rings. The summed E-state index contributed by atoms with van der Waals surface area (Å²) in [6.07, 6.45) is 9.84. The van der Waals surface area contributed by atoms with Crippen molar-refractivity contribution in [1.29, 1.82) is 0 Å². The van der Waals surface area contributed by atoms with Crippen LogP contribution in [0.1, 0.15) is 12.8 Å². The Labute approximate surface area is 126 Å². The van der Waals surface area contributed by atoms with E-state index in [0.717, 1.165) is 25.2 Å². The van der Waals surface area contributed by atoms with Crippen molar-refractivity contribution in [3.05, 3.63) is 37.2 Å². The van der Waals surface area contributed by atoms with Crippen LogP contribution in [0.2, 0.25) is 0 Å². The fourth-order valence-electron chi connectivity index (χ4n) is 3.14. The van der Waals surface area contributed by atoms with E-state index in [1.54, 1.807) is 23.1 Å². The fraction of sp³-hybridized carbons (Fsp3) is 0.429. The van der Waals surface area contributed by atoms with Gasteiger partial charge in [0, 0.05) is 18.9 Å². The second-order valence-corrected chi connectivity index (χ2v) is 5.71. The molecule has 1 fully saturated rings. The molecular weight excluding hydrogens is 282 g/mol. The zero-order valence-electron chi connectivity index (χ0n) is 11.9. The number of nitrogens with zero attached hydrogens (tertiary/aromatic N) is 6. The maximum atomic E-state index is 10.3. The van der Waals surface area contributed by atoms with Gasteiger partial charge in [-0.05, 0) is 24.8 Å². The molecule has 0 spiro atoms. The molecule has 1 aliphatic carbocycles. The number of aliphatic hydroxyl groups excluding tert-OH is 1. The van der Waals surface area contributed by atoms with Gasteiger partial charge >= 0.3 is 0 Å². The molecule has 3 heterocycles. The van der Waals surface area contributed by atoms with Crippen molar-refractivity contribution in [3.63, 3.8) is 0 Å². The van der Waals surface area contributed by atoms with Crippen LogP contribution in [0.15, 0.2) is 37.2 Å². The molecular formula is C14H17N7O. The largest absolute Gasteiger partial charge is 0.391 e. The highest BCUT2D eigenvalue weighted by Gasteiger charge is 2.33. The Balaban J connectivity index is 1.48. The molecule has 8 heteroatoms. The van der Waals surface area contributed by atoms with Crippen molar-refractivity contribution in [3.8, 4) is 0 Å². The predicted molar refractivity (Wildman–Crippen MR) is 79.2 cm³/mol. The van der Waals surface area contributed by atoms with Gasteiger partial charge in [0.2, 0.25) is 0 Å². The van der Waals surface area contributed by atoms with Gasteiger partial charge in [0.05, 0.1) is 24.5 Å². The van der Waals surface area contributed by atoms with Crippen molar-refractivity contribution < 1.29 is 5.11 Å². The summed E-state index contributed by atoms with van der Waals surface area (Å²) in [5.41, 5.74) is 0.686. The van der Waals surface area contributed by atoms with Gasteiger partial charge in [0.1, 0.15) is 12.1 Å². The van der Waals surface area contributed by atoms with Crippen LogP contribution in [0.5, 0.6) is 0 Å². The smallest absolute Gasteiger partial charge is 0.175 e. The highest BCUT2D eigenvalue weighted by molar-refractivity contribution is 5.45. The van der Waals surface area contributed by atoms with E-state index >= 15 is 0 Å². The maximum absolute atomic E-state index is 10.3. The molecule has 3 atom stereocenters. The third-order valence-electron chi connectivity index (χ3n) is 4.15. The quantitative estimate of drug-likeness (QED) is 0.731. The molecule has 0 aromatic carbocycles. The number of anilines is 1. The Hall–Kier alpha value is -2.48. The summed E-state index contributed by atoms with van der Waals surface area (Å²) in [5.74, 6) is 1.15. The van der Waals surface area contributed by atoms with Gasteiger partial charge in [-0.1, -0.05) is 0 Å². The van der Waals surface area contributed by atoms with Gasteiger partial charge in [0.25, 0.3) is 0 Å². The number of rotatable bonds is 4. The Kier molecular flexibility index (Phi) is 3.23. The fourth-order valence-corrected chi connectivity index (χ4v) is 3.14. The zero-order chi connectivity index (χ0) is 14.9. The summed E-state index contributed by atoms with van der Waals surface area (Å²) in [6.45, 7) is 0.827. The van der Waals surface area contributed by atoms with E-state index in [4.69, 9.17) is 0 Å².